The number of aliphatic hydroxyl groups excluding tert-OH is 1. The quantitative estimate of drug-likeness (QED) is 0.825. The molecule has 0 aromatic carbocycles. The van der Waals surface area contributed by atoms with E-state index in [2.05, 4.69) is 18.9 Å². The maximum Gasteiger partial charge on any atom is 0.0849 e. The molecule has 0 bridgehead atoms. The fourth-order valence-corrected chi connectivity index (χ4v) is 2.43. The van der Waals surface area contributed by atoms with E-state index in [1.165, 1.54) is 0 Å². The van der Waals surface area contributed by atoms with Crippen molar-refractivity contribution < 1.29 is 5.11 Å². The van der Waals surface area contributed by atoms with Crippen LogP contribution in [0.3, 0.4) is 0 Å². The van der Waals surface area contributed by atoms with Crippen LogP contribution in [0.15, 0.2) is 0 Å². The second kappa shape index (κ2) is 7.15. The monoisotopic (exact) mass is 272 g/mol. The predicted octanol–water partition coefficient (Wildman–Crippen LogP) is 3.46. The molecule has 0 saturated heterocycles. The summed E-state index contributed by atoms with van der Waals surface area (Å²) in [4.78, 5) is 0. The zero-order valence-electron chi connectivity index (χ0n) is 11.9. The number of hydrogen-bond acceptors (Lipinski definition) is 2. The molecule has 1 unspecified atom stereocenters. The van der Waals surface area contributed by atoms with E-state index in [0.717, 1.165) is 48.6 Å². The molecule has 0 aliphatic carbocycles. The van der Waals surface area contributed by atoms with Crippen molar-refractivity contribution in [2.75, 3.05) is 0 Å². The Hall–Kier alpha value is -0.540. The molecule has 1 rings (SSSR count). The highest BCUT2D eigenvalue weighted by Crippen LogP contribution is 2.23. The summed E-state index contributed by atoms with van der Waals surface area (Å²) in [7, 11) is 0. The van der Waals surface area contributed by atoms with Crippen LogP contribution in [0.1, 0.15) is 51.9 Å². The molecule has 1 aromatic heterocycles. The summed E-state index contributed by atoms with van der Waals surface area (Å²) in [5.41, 5.74) is 2.10. The zero-order chi connectivity index (χ0) is 13.7. The van der Waals surface area contributed by atoms with Gasteiger partial charge in [-0.2, -0.15) is 5.10 Å². The summed E-state index contributed by atoms with van der Waals surface area (Å²) in [6.07, 6.45) is 3.32. The molecule has 0 aliphatic rings. The first-order valence-electron chi connectivity index (χ1n) is 6.93. The van der Waals surface area contributed by atoms with E-state index in [9.17, 15) is 5.11 Å². The second-order valence-electron chi connectivity index (χ2n) is 5.08. The van der Waals surface area contributed by atoms with Gasteiger partial charge < -0.3 is 5.11 Å². The van der Waals surface area contributed by atoms with E-state index in [1.54, 1.807) is 0 Å². The molecule has 1 aromatic rings. The van der Waals surface area contributed by atoms with Crippen molar-refractivity contribution in [1.82, 2.24) is 9.78 Å². The lowest BCUT2D eigenvalue weighted by Gasteiger charge is -2.14. The van der Waals surface area contributed by atoms with Gasteiger partial charge >= 0.3 is 0 Å². The summed E-state index contributed by atoms with van der Waals surface area (Å²) in [5, 5.41) is 15.1. The fraction of sp³-hybridized carbons (Fsp3) is 0.786. The third kappa shape index (κ3) is 3.72. The third-order valence-corrected chi connectivity index (χ3v) is 3.81. The van der Waals surface area contributed by atoms with Crippen LogP contribution in [0.4, 0.5) is 0 Å². The maximum atomic E-state index is 9.80. The van der Waals surface area contributed by atoms with Crippen LogP contribution in [0.2, 0.25) is 5.02 Å². The molecular formula is C14H25ClN2O. The predicted molar refractivity (Wildman–Crippen MR) is 76.1 cm³/mol. The van der Waals surface area contributed by atoms with Gasteiger partial charge in [0.1, 0.15) is 0 Å². The first kappa shape index (κ1) is 15.5. The molecule has 3 nitrogen and oxygen atoms in total. The first-order chi connectivity index (χ1) is 8.51. The van der Waals surface area contributed by atoms with E-state index in [1.807, 2.05) is 18.5 Å². The van der Waals surface area contributed by atoms with Crippen molar-refractivity contribution >= 4 is 11.6 Å². The highest BCUT2D eigenvalue weighted by molar-refractivity contribution is 6.31. The van der Waals surface area contributed by atoms with Gasteiger partial charge in [0.25, 0.3) is 0 Å². The van der Waals surface area contributed by atoms with Crippen molar-refractivity contribution in [3.63, 3.8) is 0 Å². The summed E-state index contributed by atoms with van der Waals surface area (Å²) >= 11 is 6.34. The molecule has 0 saturated carbocycles. The Morgan fingerprint density at radius 3 is 2.50 bits per heavy atom. The molecule has 0 fully saturated rings. The Labute approximate surface area is 115 Å². The van der Waals surface area contributed by atoms with Crippen molar-refractivity contribution in [2.45, 2.75) is 66.0 Å². The largest absolute Gasteiger partial charge is 0.393 e. The molecule has 1 atom stereocenters. The highest BCUT2D eigenvalue weighted by atomic mass is 35.5. The van der Waals surface area contributed by atoms with Gasteiger partial charge in [-0.25, -0.2) is 0 Å². The molecule has 18 heavy (non-hydrogen) atoms. The normalized spacial score (nSPS) is 13.3. The Morgan fingerprint density at radius 1 is 1.33 bits per heavy atom. The molecule has 0 spiro atoms. The van der Waals surface area contributed by atoms with Crippen LogP contribution in [-0.4, -0.2) is 21.0 Å². The van der Waals surface area contributed by atoms with Crippen LogP contribution < -0.4 is 0 Å². The van der Waals surface area contributed by atoms with E-state index in [-0.39, 0.29) is 6.10 Å². The van der Waals surface area contributed by atoms with Crippen LogP contribution >= 0.6 is 11.6 Å². The molecule has 1 N–H and O–H groups in total. The highest BCUT2D eigenvalue weighted by Gasteiger charge is 2.15. The summed E-state index contributed by atoms with van der Waals surface area (Å²) in [6.45, 7) is 9.09. The average Bonchev–Trinajstić information content (AvgIpc) is 2.65. The van der Waals surface area contributed by atoms with Crippen LogP contribution in [0.5, 0.6) is 0 Å². The summed E-state index contributed by atoms with van der Waals surface area (Å²) < 4.78 is 1.99. The zero-order valence-corrected chi connectivity index (χ0v) is 12.7. The lowest BCUT2D eigenvalue weighted by molar-refractivity contribution is 0.114. The van der Waals surface area contributed by atoms with Gasteiger partial charge in [-0.1, -0.05) is 32.4 Å². The van der Waals surface area contributed by atoms with Crippen molar-refractivity contribution in [3.8, 4) is 0 Å². The minimum Gasteiger partial charge on any atom is -0.393 e. The molecule has 1 heterocycles. The lowest BCUT2D eigenvalue weighted by atomic mass is 10.0. The first-order valence-corrected chi connectivity index (χ1v) is 7.31. The number of aryl methyl sites for hydroxylation is 2. The van der Waals surface area contributed by atoms with Crippen molar-refractivity contribution in [2.24, 2.45) is 5.92 Å². The van der Waals surface area contributed by atoms with E-state index >= 15 is 0 Å². The molecule has 0 aliphatic heterocycles. The Balaban J connectivity index is 2.64. The second-order valence-corrected chi connectivity index (χ2v) is 5.46. The third-order valence-electron chi connectivity index (χ3n) is 3.38. The molecular weight excluding hydrogens is 248 g/mol. The molecule has 0 radical (unpaired) electrons. The van der Waals surface area contributed by atoms with Gasteiger partial charge in [-0.3, -0.25) is 4.68 Å². The number of rotatable bonds is 7. The summed E-state index contributed by atoms with van der Waals surface area (Å²) in [5.74, 6) is 0.322. The van der Waals surface area contributed by atoms with Crippen molar-refractivity contribution in [1.29, 1.82) is 0 Å². The fourth-order valence-electron chi connectivity index (χ4n) is 2.07. The standard InChI is InChI=1S/C14H25ClN2O/c1-5-11-14(15)12(17(6-2)16-11)8-7-9-13(18)10(3)4/h10,13,18H,5-9H2,1-4H3. The van der Waals surface area contributed by atoms with Gasteiger partial charge in [0.15, 0.2) is 0 Å². The Morgan fingerprint density at radius 2 is 2.00 bits per heavy atom. The Bertz CT molecular complexity index is 374. The van der Waals surface area contributed by atoms with Gasteiger partial charge in [0, 0.05) is 6.54 Å². The van der Waals surface area contributed by atoms with Crippen molar-refractivity contribution in [3.05, 3.63) is 16.4 Å². The molecule has 4 heteroatoms. The summed E-state index contributed by atoms with van der Waals surface area (Å²) in [6, 6.07) is 0. The lowest BCUT2D eigenvalue weighted by Crippen LogP contribution is -2.15. The number of halogens is 1. The minimum atomic E-state index is -0.215. The molecule has 0 amide bonds. The molecule has 104 valence electrons. The van der Waals surface area contributed by atoms with Crippen LogP contribution in [0, 0.1) is 5.92 Å². The van der Waals surface area contributed by atoms with Gasteiger partial charge in [0.2, 0.25) is 0 Å². The van der Waals surface area contributed by atoms with E-state index in [0.29, 0.717) is 5.92 Å². The number of nitrogens with zero attached hydrogens (tertiary/aromatic N) is 2. The maximum absolute atomic E-state index is 9.80. The number of hydrogen-bond donors (Lipinski definition) is 1. The van der Waals surface area contributed by atoms with Gasteiger partial charge in [-0.05, 0) is 38.5 Å². The van der Waals surface area contributed by atoms with Gasteiger partial charge in [-0.15, -0.1) is 0 Å². The number of aliphatic hydroxyl groups is 1. The van der Waals surface area contributed by atoms with Crippen LogP contribution in [-0.2, 0) is 19.4 Å². The van der Waals surface area contributed by atoms with E-state index in [4.69, 9.17) is 11.6 Å². The minimum absolute atomic E-state index is 0.215. The van der Waals surface area contributed by atoms with E-state index < -0.39 is 0 Å². The van der Waals surface area contributed by atoms with Gasteiger partial charge in [0.05, 0.1) is 22.5 Å². The smallest absolute Gasteiger partial charge is 0.0849 e. The number of aromatic nitrogens is 2. The Kier molecular flexibility index (Phi) is 6.16. The average molecular weight is 273 g/mol. The van der Waals surface area contributed by atoms with Crippen LogP contribution in [0.25, 0.3) is 0 Å². The SMILES string of the molecule is CCc1nn(CC)c(CCCC(O)C(C)C)c1Cl. The topological polar surface area (TPSA) is 38.0 Å².